The Hall–Kier alpha value is -1.00. The summed E-state index contributed by atoms with van der Waals surface area (Å²) in [5, 5.41) is 10.8. The number of rotatable bonds is 2. The molecule has 4 heteroatoms. The lowest BCUT2D eigenvalue weighted by atomic mass is 9.82. The number of aliphatic hydroxyl groups is 1. The maximum atomic E-state index is 14.0. The van der Waals surface area contributed by atoms with E-state index in [-0.39, 0.29) is 5.56 Å². The van der Waals surface area contributed by atoms with Crippen molar-refractivity contribution in [2.45, 2.75) is 50.2 Å². The van der Waals surface area contributed by atoms with Crippen LogP contribution in [-0.4, -0.2) is 29.1 Å². The molecule has 3 atom stereocenters. The van der Waals surface area contributed by atoms with E-state index in [1.165, 1.54) is 37.8 Å². The van der Waals surface area contributed by atoms with E-state index in [1.807, 2.05) is 0 Å². The van der Waals surface area contributed by atoms with Gasteiger partial charge in [0, 0.05) is 30.8 Å². The fourth-order valence-electron chi connectivity index (χ4n) is 5.02. The SMILES string of the molecule is OC1(c2ccc(F)cc2F)CCN(C2CC3CCC2C3)CC1. The van der Waals surface area contributed by atoms with E-state index < -0.39 is 17.2 Å². The smallest absolute Gasteiger partial charge is 0.132 e. The van der Waals surface area contributed by atoms with Gasteiger partial charge in [-0.3, -0.25) is 4.90 Å². The summed E-state index contributed by atoms with van der Waals surface area (Å²) in [5.41, 5.74) is -0.896. The number of hydrogen-bond donors (Lipinski definition) is 1. The lowest BCUT2D eigenvalue weighted by Gasteiger charge is -2.43. The highest BCUT2D eigenvalue weighted by atomic mass is 19.1. The molecule has 120 valence electrons. The van der Waals surface area contributed by atoms with Gasteiger partial charge >= 0.3 is 0 Å². The van der Waals surface area contributed by atoms with E-state index in [4.69, 9.17) is 0 Å². The molecule has 1 N–H and O–H groups in total. The van der Waals surface area contributed by atoms with Gasteiger partial charge in [-0.2, -0.15) is 0 Å². The monoisotopic (exact) mass is 307 g/mol. The second kappa shape index (κ2) is 5.27. The molecule has 2 aliphatic carbocycles. The summed E-state index contributed by atoms with van der Waals surface area (Å²) >= 11 is 0. The second-order valence-corrected chi connectivity index (χ2v) is 7.43. The summed E-state index contributed by atoms with van der Waals surface area (Å²) in [6.07, 6.45) is 6.47. The van der Waals surface area contributed by atoms with Gasteiger partial charge in [0.2, 0.25) is 0 Å². The van der Waals surface area contributed by atoms with Crippen molar-refractivity contribution in [1.29, 1.82) is 0 Å². The number of hydrogen-bond acceptors (Lipinski definition) is 2. The molecule has 0 aromatic heterocycles. The zero-order valence-electron chi connectivity index (χ0n) is 12.8. The van der Waals surface area contributed by atoms with Crippen LogP contribution in [0.25, 0.3) is 0 Å². The second-order valence-electron chi connectivity index (χ2n) is 7.43. The Morgan fingerprint density at radius 1 is 1.09 bits per heavy atom. The lowest BCUT2D eigenvalue weighted by molar-refractivity contribution is -0.0435. The Bertz CT molecular complexity index is 568. The highest BCUT2D eigenvalue weighted by Crippen LogP contribution is 2.48. The van der Waals surface area contributed by atoms with Crippen molar-refractivity contribution in [2.75, 3.05) is 13.1 Å². The molecule has 22 heavy (non-hydrogen) atoms. The third kappa shape index (κ3) is 2.37. The van der Waals surface area contributed by atoms with Gasteiger partial charge in [0.25, 0.3) is 0 Å². The third-order valence-corrected chi connectivity index (χ3v) is 6.23. The molecule has 3 unspecified atom stereocenters. The highest BCUT2D eigenvalue weighted by molar-refractivity contribution is 5.26. The number of fused-ring (bicyclic) bond motifs is 2. The van der Waals surface area contributed by atoms with Gasteiger partial charge in [-0.05, 0) is 50.0 Å². The van der Waals surface area contributed by atoms with Gasteiger partial charge in [-0.15, -0.1) is 0 Å². The number of likely N-dealkylation sites (tertiary alicyclic amines) is 1. The minimum Gasteiger partial charge on any atom is -0.385 e. The fourth-order valence-corrected chi connectivity index (χ4v) is 5.02. The fraction of sp³-hybridized carbons (Fsp3) is 0.667. The maximum Gasteiger partial charge on any atom is 0.132 e. The summed E-state index contributed by atoms with van der Waals surface area (Å²) in [6, 6.07) is 4.17. The first-order chi connectivity index (χ1) is 10.5. The molecular formula is C18H23F2NO. The highest BCUT2D eigenvalue weighted by Gasteiger charge is 2.45. The Morgan fingerprint density at radius 3 is 2.45 bits per heavy atom. The standard InChI is InChI=1S/C18H23F2NO/c19-14-3-4-15(16(20)11-14)18(22)5-7-21(8-6-18)17-10-12-1-2-13(17)9-12/h3-4,11-13,17,22H,1-2,5-10H2. The largest absolute Gasteiger partial charge is 0.385 e. The molecule has 0 radical (unpaired) electrons. The van der Waals surface area contributed by atoms with E-state index in [2.05, 4.69) is 4.90 Å². The first-order valence-electron chi connectivity index (χ1n) is 8.47. The zero-order chi connectivity index (χ0) is 15.3. The average molecular weight is 307 g/mol. The van der Waals surface area contributed by atoms with Crippen molar-refractivity contribution in [3.8, 4) is 0 Å². The van der Waals surface area contributed by atoms with Gasteiger partial charge in [0.1, 0.15) is 11.6 Å². The molecule has 3 aliphatic rings. The van der Waals surface area contributed by atoms with Crippen LogP contribution in [0.1, 0.15) is 44.1 Å². The van der Waals surface area contributed by atoms with Gasteiger partial charge in [0.15, 0.2) is 0 Å². The average Bonchev–Trinajstić information content (AvgIpc) is 3.10. The van der Waals surface area contributed by atoms with Crippen LogP contribution in [0.15, 0.2) is 18.2 Å². The van der Waals surface area contributed by atoms with Crippen LogP contribution in [0.4, 0.5) is 8.78 Å². The molecule has 2 bridgehead atoms. The Kier molecular flexibility index (Phi) is 3.50. The summed E-state index contributed by atoms with van der Waals surface area (Å²) in [4.78, 5) is 2.50. The quantitative estimate of drug-likeness (QED) is 0.905. The van der Waals surface area contributed by atoms with Crippen LogP contribution in [0.3, 0.4) is 0 Å². The van der Waals surface area contributed by atoms with E-state index in [1.54, 1.807) is 0 Å². The number of halogens is 2. The molecule has 0 amide bonds. The number of nitrogens with zero attached hydrogens (tertiary/aromatic N) is 1. The molecule has 0 spiro atoms. The van der Waals surface area contributed by atoms with E-state index in [0.717, 1.165) is 31.0 Å². The first kappa shape index (κ1) is 14.6. The van der Waals surface area contributed by atoms with Crippen molar-refractivity contribution in [1.82, 2.24) is 4.90 Å². The topological polar surface area (TPSA) is 23.5 Å². The molecule has 2 nitrogen and oxygen atoms in total. The van der Waals surface area contributed by atoms with Gasteiger partial charge < -0.3 is 5.11 Å². The Labute approximate surface area is 130 Å². The molecule has 3 fully saturated rings. The van der Waals surface area contributed by atoms with Crippen molar-refractivity contribution >= 4 is 0 Å². The molecule has 4 rings (SSSR count). The van der Waals surface area contributed by atoms with E-state index in [0.29, 0.717) is 18.9 Å². The summed E-state index contributed by atoms with van der Waals surface area (Å²) < 4.78 is 27.0. The minimum absolute atomic E-state index is 0.251. The van der Waals surface area contributed by atoms with Crippen molar-refractivity contribution in [2.24, 2.45) is 11.8 Å². The van der Waals surface area contributed by atoms with E-state index >= 15 is 0 Å². The molecular weight excluding hydrogens is 284 g/mol. The molecule has 1 aromatic carbocycles. The summed E-state index contributed by atoms with van der Waals surface area (Å²) in [6.45, 7) is 1.61. The van der Waals surface area contributed by atoms with E-state index in [9.17, 15) is 13.9 Å². The Balaban J connectivity index is 1.46. The Morgan fingerprint density at radius 2 is 1.86 bits per heavy atom. The van der Waals surface area contributed by atoms with Gasteiger partial charge in [-0.25, -0.2) is 8.78 Å². The number of piperidine rings is 1. The molecule has 1 aromatic rings. The van der Waals surface area contributed by atoms with Crippen LogP contribution in [0.5, 0.6) is 0 Å². The number of benzene rings is 1. The van der Waals surface area contributed by atoms with Crippen LogP contribution in [0.2, 0.25) is 0 Å². The minimum atomic E-state index is -1.15. The van der Waals surface area contributed by atoms with Crippen molar-refractivity contribution in [3.05, 3.63) is 35.4 Å². The predicted octanol–water partition coefficient (Wildman–Crippen LogP) is 3.44. The molecule has 1 aliphatic heterocycles. The maximum absolute atomic E-state index is 14.0. The zero-order valence-corrected chi connectivity index (χ0v) is 12.8. The van der Waals surface area contributed by atoms with Crippen molar-refractivity contribution < 1.29 is 13.9 Å². The molecule has 1 saturated heterocycles. The van der Waals surface area contributed by atoms with Gasteiger partial charge in [-0.1, -0.05) is 12.5 Å². The summed E-state index contributed by atoms with van der Waals surface area (Å²) in [5.74, 6) is 0.518. The van der Waals surface area contributed by atoms with Crippen molar-refractivity contribution in [3.63, 3.8) is 0 Å². The first-order valence-corrected chi connectivity index (χ1v) is 8.47. The normalized spacial score (nSPS) is 34.2. The molecule has 1 heterocycles. The predicted molar refractivity (Wildman–Crippen MR) is 80.3 cm³/mol. The van der Waals surface area contributed by atoms with Gasteiger partial charge in [0.05, 0.1) is 5.60 Å². The van der Waals surface area contributed by atoms with Crippen LogP contribution in [0, 0.1) is 23.5 Å². The van der Waals surface area contributed by atoms with Crippen LogP contribution < -0.4 is 0 Å². The van der Waals surface area contributed by atoms with Crippen LogP contribution in [-0.2, 0) is 5.60 Å². The molecule has 2 saturated carbocycles. The lowest BCUT2D eigenvalue weighted by Crippen LogP contribution is -2.48. The summed E-state index contributed by atoms with van der Waals surface area (Å²) in [7, 11) is 0. The third-order valence-electron chi connectivity index (χ3n) is 6.23. The van der Waals surface area contributed by atoms with Crippen LogP contribution >= 0.6 is 0 Å².